The highest BCUT2D eigenvalue weighted by Gasteiger charge is 2.49. The van der Waals surface area contributed by atoms with Crippen LogP contribution in [0.25, 0.3) is 44.7 Å². The number of aryl methyl sites for hydroxylation is 2. The highest BCUT2D eigenvalue weighted by molar-refractivity contribution is 8.32. The normalized spacial score (nSPS) is 29.4. The number of aromatic amines is 4. The van der Waals surface area contributed by atoms with Gasteiger partial charge in [-0.25, -0.2) is 49.5 Å². The Kier molecular flexibility index (Phi) is 26.8. The fourth-order valence-electron chi connectivity index (χ4n) is 14.7. The first kappa shape index (κ1) is 92.5. The molecular formula is C60H70N24O30P6S6-6. The Balaban J connectivity index is 0.643. The molecule has 10 aromatic rings. The van der Waals surface area contributed by atoms with E-state index in [4.69, 9.17) is 177 Å². The number of nitrogens with zero attached hydrogens (tertiary/aromatic N) is 16. The molecule has 10 aromatic heterocycles. The van der Waals surface area contributed by atoms with Crippen molar-refractivity contribution in [3.8, 4) is 0 Å². The van der Waals surface area contributed by atoms with Crippen molar-refractivity contribution in [1.29, 1.82) is 0 Å². The highest BCUT2D eigenvalue weighted by atomic mass is 32.7. The molecule has 0 spiro atoms. The summed E-state index contributed by atoms with van der Waals surface area (Å²) in [6.07, 6.45) is -17.7. The van der Waals surface area contributed by atoms with Crippen LogP contribution in [0.4, 0.5) is 23.5 Å². The third-order valence-electron chi connectivity index (χ3n) is 20.5. The van der Waals surface area contributed by atoms with E-state index in [-0.39, 0.29) is 105 Å². The van der Waals surface area contributed by atoms with Crippen LogP contribution in [0.2, 0.25) is 0 Å². The van der Waals surface area contributed by atoms with E-state index in [1.165, 1.54) is 57.2 Å². The van der Waals surface area contributed by atoms with Gasteiger partial charge in [-0.3, -0.25) is 75.6 Å². The van der Waals surface area contributed by atoms with Crippen LogP contribution in [-0.4, -0.2) is 198 Å². The van der Waals surface area contributed by atoms with Gasteiger partial charge < -0.3 is 138 Å². The van der Waals surface area contributed by atoms with E-state index in [0.717, 1.165) is 41.6 Å². The second-order valence-electron chi connectivity index (χ2n) is 28.8. The minimum atomic E-state index is -5.20. The maximum atomic E-state index is 15.3. The molecule has 12 unspecified atom stereocenters. The fraction of sp³-hybridized carbons (Fsp3) is 0.533. The van der Waals surface area contributed by atoms with Gasteiger partial charge in [-0.2, -0.15) is 9.97 Å². The smallest absolute Gasteiger partial charge is 0.330 e. The summed E-state index contributed by atoms with van der Waals surface area (Å²) in [4.78, 5) is 200. The third kappa shape index (κ3) is 20.2. The molecule has 0 amide bonds. The molecule has 0 aliphatic carbocycles. The molecule has 66 heteroatoms. The van der Waals surface area contributed by atoms with Crippen LogP contribution in [0.5, 0.6) is 0 Å². The van der Waals surface area contributed by atoms with E-state index in [9.17, 15) is 52.9 Å². The number of imidazole rings is 4. The number of rotatable bonds is 33. The Morgan fingerprint density at radius 2 is 0.754 bits per heavy atom. The number of aromatic nitrogens is 20. The van der Waals surface area contributed by atoms with Gasteiger partial charge in [-0.1, -0.05) is 66.0 Å². The summed E-state index contributed by atoms with van der Waals surface area (Å²) < 4.78 is 130. The molecule has 54 nitrogen and oxygen atoms in total. The number of nitrogens with one attached hydrogen (secondary N) is 4. The molecule has 6 saturated heterocycles. The Morgan fingerprint density at radius 3 is 1.16 bits per heavy atom. The van der Waals surface area contributed by atoms with Gasteiger partial charge in [0.05, 0.1) is 75.6 Å². The lowest BCUT2D eigenvalue weighted by molar-refractivity contribution is -0.245. The van der Waals surface area contributed by atoms with Crippen LogP contribution in [0, 0.1) is 13.8 Å². The van der Waals surface area contributed by atoms with Crippen LogP contribution in [0.15, 0.2) is 79.1 Å². The molecule has 0 aromatic carbocycles. The molecule has 16 heterocycles. The minimum Gasteiger partial charge on any atom is -0.780 e. The lowest BCUT2D eigenvalue weighted by Crippen LogP contribution is -2.35. The molecule has 12 N–H and O–H groups in total. The Hall–Kier alpha value is -6.73. The summed E-state index contributed by atoms with van der Waals surface area (Å²) in [6.45, 7) is -27.0. The molecule has 0 saturated carbocycles. The maximum absolute atomic E-state index is 15.3. The van der Waals surface area contributed by atoms with E-state index in [1.807, 2.05) is 0 Å². The molecule has 682 valence electrons. The van der Waals surface area contributed by atoms with Crippen LogP contribution in [-0.2, 0) is 159 Å². The van der Waals surface area contributed by atoms with Gasteiger partial charge >= 0.3 is 11.4 Å². The monoisotopic (exact) mass is 1980 g/mol. The van der Waals surface area contributed by atoms with Gasteiger partial charge in [0.25, 0.3) is 22.2 Å². The lowest BCUT2D eigenvalue weighted by Gasteiger charge is -2.38. The molecule has 16 rings (SSSR count). The largest absolute Gasteiger partial charge is 0.780 e. The van der Waals surface area contributed by atoms with Crippen LogP contribution < -0.4 is 81.0 Å². The van der Waals surface area contributed by atoms with Crippen molar-refractivity contribution in [2.75, 3.05) is 49.9 Å². The molecule has 0 bridgehead atoms. The van der Waals surface area contributed by atoms with Crippen molar-refractivity contribution >= 4 is 180 Å². The number of ether oxygens (including phenoxy) is 6. The summed E-state index contributed by atoms with van der Waals surface area (Å²) >= 11 is 32.6. The first-order chi connectivity index (χ1) is 59.5. The summed E-state index contributed by atoms with van der Waals surface area (Å²) in [6, 6.07) is 0. The molecule has 6 fully saturated rings. The van der Waals surface area contributed by atoms with Gasteiger partial charge in [-0.15, -0.1) is 0 Å². The summed E-state index contributed by atoms with van der Waals surface area (Å²) in [5, 5.41) is 0. The number of hydrogen-bond acceptors (Lipinski definition) is 50. The van der Waals surface area contributed by atoms with Gasteiger partial charge in [0.1, 0.15) is 125 Å². The van der Waals surface area contributed by atoms with Crippen LogP contribution in [0.3, 0.4) is 0 Å². The topological polar surface area (TPSA) is 727 Å². The van der Waals surface area contributed by atoms with Crippen LogP contribution >= 0.6 is 40.4 Å². The number of anilines is 4. The minimum absolute atomic E-state index is 0.0135. The zero-order valence-electron chi connectivity index (χ0n) is 64.9. The van der Waals surface area contributed by atoms with Gasteiger partial charge in [0, 0.05) is 69.2 Å². The predicted molar refractivity (Wildman–Crippen MR) is 441 cm³/mol. The molecule has 0 radical (unpaired) electrons. The second kappa shape index (κ2) is 36.4. The van der Waals surface area contributed by atoms with Gasteiger partial charge in [0.15, 0.2) is 57.8 Å². The molecule has 6 aliphatic heterocycles. The predicted octanol–water partition coefficient (Wildman–Crippen LogP) is -2.35. The van der Waals surface area contributed by atoms with Crippen molar-refractivity contribution in [2.24, 2.45) is 0 Å². The zero-order valence-corrected chi connectivity index (χ0v) is 75.2. The average molecular weight is 1990 g/mol. The Labute approximate surface area is 734 Å². The lowest BCUT2D eigenvalue weighted by atomic mass is 10.1. The second-order valence-corrected chi connectivity index (χ2v) is 45.0. The number of hydrogen-bond donors (Lipinski definition) is 8. The standard InChI is InChI=1S/C60H76N24O30P6S6/c1-5-25-26(6-35(101-25)79-12-23(2)51(85)77-59(79)89)109-119(95,125)113-56-31(11-40(106-56)84-22-72-44-50(84)74-58(64)76-54(44)88)112-118(94,124)100-16-34-29(9-38(104-34)83-21-71-43-49(83)73-57(63)75-53(43)87)110-120(96,126)114-55-30(10-39(105-55)82-20-70-42-46(62)66-18-68-48(42)82)111-117(93,123)99-15-33-28(8-37(103-33)81-19-69-41-45(61)65-17-67-47(41)81)108-116(92,122)98-14-32-27(107-115(91,121)97-4)7-36(102-32)80-13-24(3)52(86)78-60(80)90/h12-13,17-22,25-40,55-56H,5-11,14-16H2,1-4H3,(H,91,121)(H,92,122)(H,93,123)(H,94,124)(H,95,125)(H,96,126)(H2,61,65,67)(H2,62,66,68)(H,77,85,89)(H,78,86,90)(H3,63,73,75,87)(H3,64,74,76,88)/p-6/t25-,26?,27?,28?,29?,30?,31?,32-,33-,34-,35-,36-,37-,38-,39-,40-,55-,56-,115?,116?,117?,118?,119?,120?/m1/s1. The number of fused-ring (bicyclic) bond motifs is 4. The van der Waals surface area contributed by atoms with E-state index < -0.39 is 224 Å². The van der Waals surface area contributed by atoms with Crippen molar-refractivity contribution in [3.63, 3.8) is 0 Å². The first-order valence-corrected chi connectivity index (χ1v) is 52.6. The van der Waals surface area contributed by atoms with Crippen molar-refractivity contribution in [1.82, 2.24) is 97.2 Å². The van der Waals surface area contributed by atoms with E-state index in [2.05, 4.69) is 69.8 Å². The number of nitrogens with two attached hydrogens (primary N) is 4. The molecule has 126 heavy (non-hydrogen) atoms. The summed E-state index contributed by atoms with van der Waals surface area (Å²) in [5.41, 5.74) is 19.8. The zero-order chi connectivity index (χ0) is 89.8. The summed E-state index contributed by atoms with van der Waals surface area (Å²) in [7, 11) is 1.03. The van der Waals surface area contributed by atoms with E-state index >= 15 is 4.89 Å². The van der Waals surface area contributed by atoms with Gasteiger partial charge in [-0.05, 0) is 20.3 Å². The van der Waals surface area contributed by atoms with Crippen molar-refractivity contribution in [2.45, 2.75) is 177 Å². The van der Waals surface area contributed by atoms with Crippen molar-refractivity contribution < 1.29 is 112 Å². The molecule has 6 aliphatic rings. The van der Waals surface area contributed by atoms with E-state index in [0.29, 0.717) is 0 Å². The number of H-pyrrole nitrogens is 4. The van der Waals surface area contributed by atoms with Crippen LogP contribution in [0.1, 0.15) is 100 Å². The van der Waals surface area contributed by atoms with Crippen molar-refractivity contribution in [3.05, 3.63) is 124 Å². The fourth-order valence-corrected chi connectivity index (χ4v) is 23.2. The molecular weight excluding hydrogens is 1920 g/mol. The highest BCUT2D eigenvalue weighted by Crippen LogP contribution is 2.58. The maximum Gasteiger partial charge on any atom is 0.330 e. The average Bonchev–Trinajstić information content (AvgIpc) is 1.62. The summed E-state index contributed by atoms with van der Waals surface area (Å²) in [5.74, 6) is -0.751. The molecule has 24 atom stereocenters. The van der Waals surface area contributed by atoms with E-state index in [1.54, 1.807) is 6.92 Å². The first-order valence-electron chi connectivity index (χ1n) is 37.3. The SMILES string of the molecule is CC[C@H]1O[C@@H](n2cc(C)c(=O)[nH]c2=O)CC1OP(=O)([S-])O[C@H]1O[C@@H](n2cnc3c(=O)[nH]c(N)nc32)CC1OP([O-])(=S)OC[C@H]1O[C@@H](n2cnc3c(=O)[nH]c(N)nc32)CC1OP([O-])(=S)O[C@H]1O[C@@H](n2cnc3c(N)ncnc32)CC1OP([O-])(=S)OC[C@H]1O[C@@H](n2cnc3c(N)ncnc32)CC1OP([O-])(=S)OC[C@H]1O[C@@H](n2cc(C)c(=O)[nH]c2=O)CC1OP([O-])(=S)OC. The third-order valence-corrected chi connectivity index (χ3v) is 29.9. The Morgan fingerprint density at radius 1 is 0.421 bits per heavy atom. The Bertz CT molecular complexity index is 6560. The quantitative estimate of drug-likeness (QED) is 0.0158. The number of nitrogen functional groups attached to an aromatic ring is 4. The van der Waals surface area contributed by atoms with Gasteiger partial charge in [0.2, 0.25) is 18.7 Å².